The van der Waals surface area contributed by atoms with E-state index in [1.165, 1.54) is 6.42 Å². The molecule has 2 aliphatic rings. The van der Waals surface area contributed by atoms with Gasteiger partial charge in [-0.05, 0) is 38.7 Å². The molecule has 0 aromatic carbocycles. The highest BCUT2D eigenvalue weighted by molar-refractivity contribution is 8.17. The number of hydrogen-bond acceptors (Lipinski definition) is 5. The first-order valence-electron chi connectivity index (χ1n) is 6.25. The molecule has 1 N–H and O–H groups in total. The predicted molar refractivity (Wildman–Crippen MR) is 73.4 cm³/mol. The monoisotopic (exact) mass is 278 g/mol. The summed E-state index contributed by atoms with van der Waals surface area (Å²) < 4.78 is 11.8. The lowest BCUT2D eigenvalue weighted by Gasteiger charge is -2.43. The van der Waals surface area contributed by atoms with Crippen LogP contribution >= 0.6 is 23.5 Å². The van der Waals surface area contributed by atoms with Gasteiger partial charge in [-0.1, -0.05) is 0 Å². The van der Waals surface area contributed by atoms with Crippen LogP contribution in [-0.4, -0.2) is 45.3 Å². The van der Waals surface area contributed by atoms with Crippen LogP contribution in [0.5, 0.6) is 0 Å². The highest BCUT2D eigenvalue weighted by Gasteiger charge is 2.40. The van der Waals surface area contributed by atoms with E-state index in [4.69, 9.17) is 9.47 Å². The Balaban J connectivity index is 1.95. The summed E-state index contributed by atoms with van der Waals surface area (Å²) in [4.78, 5) is 0. The molecule has 5 heteroatoms. The Hall–Kier alpha value is 0.580. The van der Waals surface area contributed by atoms with E-state index < -0.39 is 11.9 Å². The largest absolute Gasteiger partial charge is 0.388 e. The van der Waals surface area contributed by atoms with E-state index >= 15 is 0 Å². The van der Waals surface area contributed by atoms with Crippen LogP contribution in [0.4, 0.5) is 0 Å². The fourth-order valence-electron chi connectivity index (χ4n) is 2.39. The second-order valence-electron chi connectivity index (χ2n) is 5.17. The molecular weight excluding hydrogens is 256 g/mol. The van der Waals surface area contributed by atoms with E-state index in [1.807, 2.05) is 44.3 Å². The summed E-state index contributed by atoms with van der Waals surface area (Å²) in [5.74, 6) is 1.72. The Morgan fingerprint density at radius 3 is 2.47 bits per heavy atom. The van der Waals surface area contributed by atoms with E-state index in [0.29, 0.717) is 0 Å². The second kappa shape index (κ2) is 5.70. The van der Waals surface area contributed by atoms with Gasteiger partial charge in [0, 0.05) is 6.42 Å². The molecule has 2 fully saturated rings. The van der Waals surface area contributed by atoms with Crippen LogP contribution in [0.3, 0.4) is 0 Å². The van der Waals surface area contributed by atoms with E-state index in [2.05, 4.69) is 0 Å². The van der Waals surface area contributed by atoms with Gasteiger partial charge < -0.3 is 14.6 Å². The quantitative estimate of drug-likeness (QED) is 0.840. The van der Waals surface area contributed by atoms with Crippen molar-refractivity contribution in [2.45, 2.75) is 62.3 Å². The van der Waals surface area contributed by atoms with Crippen LogP contribution in [-0.2, 0) is 9.47 Å². The van der Waals surface area contributed by atoms with Gasteiger partial charge in [-0.25, -0.2) is 0 Å². The third kappa shape index (κ3) is 3.77. The van der Waals surface area contributed by atoms with Gasteiger partial charge in [0.05, 0.1) is 16.8 Å². The molecule has 0 aromatic rings. The van der Waals surface area contributed by atoms with Crippen molar-refractivity contribution >= 4 is 23.5 Å². The summed E-state index contributed by atoms with van der Waals surface area (Å²) in [6, 6.07) is 0. The highest BCUT2D eigenvalue weighted by Crippen LogP contribution is 2.37. The van der Waals surface area contributed by atoms with Crippen molar-refractivity contribution in [3.05, 3.63) is 0 Å². The van der Waals surface area contributed by atoms with Gasteiger partial charge in [-0.15, -0.1) is 23.5 Å². The molecule has 0 bridgehead atoms. The average Bonchev–Trinajstić information content (AvgIpc) is 2.26. The minimum absolute atomic E-state index is 0.100. The molecule has 3 nitrogen and oxygen atoms in total. The predicted octanol–water partition coefficient (Wildman–Crippen LogP) is 2.47. The molecule has 0 saturated carbocycles. The molecule has 0 radical (unpaired) electrons. The van der Waals surface area contributed by atoms with Crippen molar-refractivity contribution in [1.29, 1.82) is 0 Å². The lowest BCUT2D eigenvalue weighted by atomic mass is 10.1. The lowest BCUT2D eigenvalue weighted by molar-refractivity contribution is -0.308. The molecule has 3 atom stereocenters. The van der Waals surface area contributed by atoms with E-state index in [9.17, 15) is 5.11 Å². The zero-order valence-electron chi connectivity index (χ0n) is 10.7. The van der Waals surface area contributed by atoms with E-state index in [-0.39, 0.29) is 16.8 Å². The fourth-order valence-corrected chi connectivity index (χ4v) is 5.36. The number of aliphatic hydroxyl groups excluding tert-OH is 1. The first kappa shape index (κ1) is 14.0. The SMILES string of the molecule is C[C@H]1C[C@@H]([C@@H](O)C2SCCCS2)OC(C)(C)O1. The van der Waals surface area contributed by atoms with Crippen LogP contribution in [0.15, 0.2) is 0 Å². The topological polar surface area (TPSA) is 38.7 Å². The standard InChI is InChI=1S/C12H22O3S2/c1-8-7-9(15-12(2,3)14-8)10(13)11-16-5-4-6-17-11/h8-11,13H,4-7H2,1-3H3/t8-,9-,10+/m0/s1. The molecule has 2 aliphatic heterocycles. The number of aliphatic hydroxyl groups is 1. The Bertz CT molecular complexity index is 254. The molecule has 0 aliphatic carbocycles. The van der Waals surface area contributed by atoms with Gasteiger partial charge in [0.2, 0.25) is 0 Å². The molecule has 0 aromatic heterocycles. The summed E-state index contributed by atoms with van der Waals surface area (Å²) in [6.45, 7) is 5.89. The van der Waals surface area contributed by atoms with Gasteiger partial charge >= 0.3 is 0 Å². The third-order valence-electron chi connectivity index (χ3n) is 3.00. The van der Waals surface area contributed by atoms with Gasteiger partial charge in [0.25, 0.3) is 0 Å². The maximum atomic E-state index is 10.4. The molecule has 2 heterocycles. The number of thioether (sulfide) groups is 2. The van der Waals surface area contributed by atoms with Gasteiger partial charge in [-0.3, -0.25) is 0 Å². The minimum Gasteiger partial charge on any atom is -0.388 e. The Morgan fingerprint density at radius 2 is 1.88 bits per heavy atom. The van der Waals surface area contributed by atoms with Crippen LogP contribution in [0.2, 0.25) is 0 Å². The zero-order valence-corrected chi connectivity index (χ0v) is 12.4. The molecule has 100 valence electrons. The van der Waals surface area contributed by atoms with Gasteiger partial charge in [0.1, 0.15) is 6.10 Å². The minimum atomic E-state index is -0.576. The van der Waals surface area contributed by atoms with E-state index in [0.717, 1.165) is 17.9 Å². The number of rotatable bonds is 2. The third-order valence-corrected chi connectivity index (χ3v) is 6.08. The first-order chi connectivity index (χ1) is 7.98. The molecular formula is C12H22O3S2. The Kier molecular flexibility index (Phi) is 4.69. The molecule has 0 amide bonds. The molecule has 0 spiro atoms. The molecule has 2 rings (SSSR count). The number of hydrogen-bond donors (Lipinski definition) is 1. The Labute approximate surface area is 112 Å². The Morgan fingerprint density at radius 1 is 1.24 bits per heavy atom. The van der Waals surface area contributed by atoms with E-state index in [1.54, 1.807) is 0 Å². The van der Waals surface area contributed by atoms with Crippen molar-refractivity contribution in [3.8, 4) is 0 Å². The number of ether oxygens (including phenoxy) is 2. The molecule has 0 unspecified atom stereocenters. The van der Waals surface area contributed by atoms with Crippen molar-refractivity contribution < 1.29 is 14.6 Å². The highest BCUT2D eigenvalue weighted by atomic mass is 32.2. The first-order valence-corrected chi connectivity index (χ1v) is 8.34. The summed E-state index contributed by atoms with van der Waals surface area (Å²) in [5, 5.41) is 10.4. The summed E-state index contributed by atoms with van der Waals surface area (Å²) in [5.41, 5.74) is 0. The van der Waals surface area contributed by atoms with Crippen LogP contribution in [0.1, 0.15) is 33.6 Å². The van der Waals surface area contributed by atoms with Crippen LogP contribution in [0, 0.1) is 0 Å². The second-order valence-corrected chi connectivity index (χ2v) is 7.97. The summed E-state index contributed by atoms with van der Waals surface area (Å²) in [7, 11) is 0. The normalized spacial score (nSPS) is 36.7. The van der Waals surface area contributed by atoms with Crippen molar-refractivity contribution in [2.24, 2.45) is 0 Å². The molecule has 2 saturated heterocycles. The summed E-state index contributed by atoms with van der Waals surface area (Å²) in [6.07, 6.45) is 1.68. The average molecular weight is 278 g/mol. The van der Waals surface area contributed by atoms with Crippen molar-refractivity contribution in [1.82, 2.24) is 0 Å². The summed E-state index contributed by atoms with van der Waals surface area (Å²) >= 11 is 3.72. The fraction of sp³-hybridized carbons (Fsp3) is 1.00. The maximum Gasteiger partial charge on any atom is 0.163 e. The zero-order chi connectivity index (χ0) is 12.5. The van der Waals surface area contributed by atoms with Gasteiger partial charge in [-0.2, -0.15) is 0 Å². The lowest BCUT2D eigenvalue weighted by Crippen LogP contribution is -2.50. The van der Waals surface area contributed by atoms with Gasteiger partial charge in [0.15, 0.2) is 5.79 Å². The molecule has 17 heavy (non-hydrogen) atoms. The van der Waals surface area contributed by atoms with Crippen LogP contribution in [0.25, 0.3) is 0 Å². The maximum absolute atomic E-state index is 10.4. The van der Waals surface area contributed by atoms with Crippen LogP contribution < -0.4 is 0 Å². The smallest absolute Gasteiger partial charge is 0.163 e. The van der Waals surface area contributed by atoms with Crippen molar-refractivity contribution in [2.75, 3.05) is 11.5 Å². The van der Waals surface area contributed by atoms with Crippen molar-refractivity contribution in [3.63, 3.8) is 0 Å².